The number of piperidine rings is 1. The molecule has 0 saturated carbocycles. The SMILES string of the molecule is C[C@@H](Nc1ccccc1)C1CCN(C(=O)OC(C)(C)C)CC1. The van der Waals surface area contributed by atoms with Gasteiger partial charge in [0.05, 0.1) is 0 Å². The average Bonchev–Trinajstić information content (AvgIpc) is 2.46. The molecule has 0 spiro atoms. The van der Waals surface area contributed by atoms with E-state index in [0.29, 0.717) is 12.0 Å². The van der Waals surface area contributed by atoms with Crippen LogP contribution in [0.25, 0.3) is 0 Å². The second-order valence-electron chi connectivity index (χ2n) is 7.10. The van der Waals surface area contributed by atoms with Crippen molar-refractivity contribution >= 4 is 11.8 Å². The largest absolute Gasteiger partial charge is 0.444 e. The first-order valence-electron chi connectivity index (χ1n) is 8.14. The molecule has 1 aromatic carbocycles. The summed E-state index contributed by atoms with van der Waals surface area (Å²) in [6, 6.07) is 10.7. The number of carbonyl (C=O) groups is 1. The Kier molecular flexibility index (Phi) is 5.33. The number of nitrogens with zero attached hydrogens (tertiary/aromatic N) is 1. The number of hydrogen-bond acceptors (Lipinski definition) is 3. The molecule has 1 atom stereocenters. The number of likely N-dealkylation sites (tertiary alicyclic amines) is 1. The number of ether oxygens (including phenoxy) is 1. The van der Waals surface area contributed by atoms with E-state index < -0.39 is 5.60 Å². The van der Waals surface area contributed by atoms with E-state index in [0.717, 1.165) is 31.6 Å². The van der Waals surface area contributed by atoms with E-state index >= 15 is 0 Å². The summed E-state index contributed by atoms with van der Waals surface area (Å²) in [5, 5.41) is 3.56. The maximum absolute atomic E-state index is 12.1. The molecule has 4 nitrogen and oxygen atoms in total. The van der Waals surface area contributed by atoms with E-state index in [1.54, 1.807) is 0 Å². The summed E-state index contributed by atoms with van der Waals surface area (Å²) in [6.45, 7) is 9.50. The molecule has 0 radical (unpaired) electrons. The van der Waals surface area contributed by atoms with Crippen LogP contribution in [0, 0.1) is 5.92 Å². The summed E-state index contributed by atoms with van der Waals surface area (Å²) >= 11 is 0. The highest BCUT2D eigenvalue weighted by atomic mass is 16.6. The Morgan fingerprint density at radius 1 is 1.23 bits per heavy atom. The molecule has 0 bridgehead atoms. The Labute approximate surface area is 133 Å². The van der Waals surface area contributed by atoms with Crippen LogP contribution in [0.4, 0.5) is 10.5 Å². The first-order chi connectivity index (χ1) is 10.3. The van der Waals surface area contributed by atoms with Gasteiger partial charge in [0.25, 0.3) is 0 Å². The van der Waals surface area contributed by atoms with Gasteiger partial charge in [-0.25, -0.2) is 4.79 Å². The van der Waals surface area contributed by atoms with E-state index in [1.165, 1.54) is 0 Å². The molecule has 1 N–H and O–H groups in total. The molecular formula is C18H28N2O2. The monoisotopic (exact) mass is 304 g/mol. The van der Waals surface area contributed by atoms with Gasteiger partial charge in [-0.2, -0.15) is 0 Å². The van der Waals surface area contributed by atoms with Crippen LogP contribution >= 0.6 is 0 Å². The van der Waals surface area contributed by atoms with Gasteiger partial charge in [0, 0.05) is 24.8 Å². The van der Waals surface area contributed by atoms with Crippen LogP contribution in [0.5, 0.6) is 0 Å². The fourth-order valence-corrected chi connectivity index (χ4v) is 2.82. The lowest BCUT2D eigenvalue weighted by Crippen LogP contribution is -2.44. The zero-order valence-corrected chi connectivity index (χ0v) is 14.1. The van der Waals surface area contributed by atoms with Gasteiger partial charge in [0.2, 0.25) is 0 Å². The van der Waals surface area contributed by atoms with Gasteiger partial charge in [-0.1, -0.05) is 18.2 Å². The molecule has 22 heavy (non-hydrogen) atoms. The van der Waals surface area contributed by atoms with E-state index in [9.17, 15) is 4.79 Å². The summed E-state index contributed by atoms with van der Waals surface area (Å²) < 4.78 is 5.44. The molecular weight excluding hydrogens is 276 g/mol. The van der Waals surface area contributed by atoms with Crippen molar-refractivity contribution in [1.82, 2.24) is 4.90 Å². The highest BCUT2D eigenvalue weighted by Gasteiger charge is 2.29. The molecule has 1 aliphatic rings. The van der Waals surface area contributed by atoms with Crippen molar-refractivity contribution in [2.45, 2.75) is 52.2 Å². The minimum absolute atomic E-state index is 0.186. The number of para-hydroxylation sites is 1. The summed E-state index contributed by atoms with van der Waals surface area (Å²) in [6.07, 6.45) is 1.84. The van der Waals surface area contributed by atoms with Crippen LogP contribution in [0.15, 0.2) is 30.3 Å². The summed E-state index contributed by atoms with van der Waals surface area (Å²) in [5.74, 6) is 0.582. The average molecular weight is 304 g/mol. The van der Waals surface area contributed by atoms with Gasteiger partial charge in [-0.15, -0.1) is 0 Å². The Morgan fingerprint density at radius 2 is 1.82 bits per heavy atom. The van der Waals surface area contributed by atoms with Crippen LogP contribution in [0.2, 0.25) is 0 Å². The standard InChI is InChI=1S/C18H28N2O2/c1-14(19-16-8-6-5-7-9-16)15-10-12-20(13-11-15)17(21)22-18(2,3)4/h5-9,14-15,19H,10-13H2,1-4H3/t14-/m1/s1. The molecule has 0 unspecified atom stereocenters. The van der Waals surface area contributed by atoms with Gasteiger partial charge in [-0.05, 0) is 58.6 Å². The lowest BCUT2D eigenvalue weighted by atomic mass is 9.90. The molecule has 0 aliphatic carbocycles. The van der Waals surface area contributed by atoms with Crippen molar-refractivity contribution < 1.29 is 9.53 Å². The fraction of sp³-hybridized carbons (Fsp3) is 0.611. The lowest BCUT2D eigenvalue weighted by molar-refractivity contribution is 0.0179. The number of anilines is 1. The van der Waals surface area contributed by atoms with Crippen LogP contribution < -0.4 is 5.32 Å². The molecule has 0 aromatic heterocycles. The van der Waals surface area contributed by atoms with Crippen molar-refractivity contribution in [3.8, 4) is 0 Å². The molecule has 122 valence electrons. The number of rotatable bonds is 3. The smallest absolute Gasteiger partial charge is 0.410 e. The third-order valence-electron chi connectivity index (χ3n) is 4.07. The van der Waals surface area contributed by atoms with Crippen LogP contribution in [-0.2, 0) is 4.74 Å². The number of carbonyl (C=O) groups excluding carboxylic acids is 1. The molecule has 1 fully saturated rings. The normalized spacial score (nSPS) is 17.9. The maximum Gasteiger partial charge on any atom is 0.410 e. The van der Waals surface area contributed by atoms with E-state index in [1.807, 2.05) is 43.9 Å². The van der Waals surface area contributed by atoms with Crippen molar-refractivity contribution in [1.29, 1.82) is 0 Å². The molecule has 1 amide bonds. The Bertz CT molecular complexity index is 474. The predicted molar refractivity (Wildman–Crippen MR) is 90.1 cm³/mol. The van der Waals surface area contributed by atoms with Gasteiger partial charge in [0.1, 0.15) is 5.60 Å². The highest BCUT2D eigenvalue weighted by molar-refractivity contribution is 5.68. The van der Waals surface area contributed by atoms with Gasteiger partial charge >= 0.3 is 6.09 Å². The number of benzene rings is 1. The molecule has 1 saturated heterocycles. The minimum atomic E-state index is -0.421. The Hall–Kier alpha value is -1.71. The second kappa shape index (κ2) is 7.03. The molecule has 2 rings (SSSR count). The lowest BCUT2D eigenvalue weighted by Gasteiger charge is -2.36. The number of hydrogen-bond donors (Lipinski definition) is 1. The summed E-state index contributed by atoms with van der Waals surface area (Å²) in [4.78, 5) is 13.9. The first kappa shape index (κ1) is 16.7. The topological polar surface area (TPSA) is 41.6 Å². The number of amides is 1. The Morgan fingerprint density at radius 3 is 2.36 bits per heavy atom. The minimum Gasteiger partial charge on any atom is -0.444 e. The maximum atomic E-state index is 12.1. The number of nitrogens with one attached hydrogen (secondary N) is 1. The van der Waals surface area contributed by atoms with Crippen LogP contribution in [0.3, 0.4) is 0 Å². The van der Waals surface area contributed by atoms with Gasteiger partial charge in [-0.3, -0.25) is 0 Å². The van der Waals surface area contributed by atoms with E-state index in [4.69, 9.17) is 4.74 Å². The van der Waals surface area contributed by atoms with Crippen LogP contribution in [0.1, 0.15) is 40.5 Å². The molecule has 4 heteroatoms. The second-order valence-corrected chi connectivity index (χ2v) is 7.10. The van der Waals surface area contributed by atoms with Crippen molar-refractivity contribution in [3.05, 3.63) is 30.3 Å². The molecule has 1 heterocycles. The van der Waals surface area contributed by atoms with Crippen molar-refractivity contribution in [3.63, 3.8) is 0 Å². The van der Waals surface area contributed by atoms with Gasteiger partial charge in [0.15, 0.2) is 0 Å². The van der Waals surface area contributed by atoms with E-state index in [-0.39, 0.29) is 6.09 Å². The quantitative estimate of drug-likeness (QED) is 0.912. The van der Waals surface area contributed by atoms with Crippen molar-refractivity contribution in [2.75, 3.05) is 18.4 Å². The fourth-order valence-electron chi connectivity index (χ4n) is 2.82. The Balaban J connectivity index is 1.80. The highest BCUT2D eigenvalue weighted by Crippen LogP contribution is 2.24. The zero-order valence-electron chi connectivity index (χ0n) is 14.1. The third-order valence-corrected chi connectivity index (χ3v) is 4.07. The van der Waals surface area contributed by atoms with Crippen LogP contribution in [-0.4, -0.2) is 35.7 Å². The predicted octanol–water partition coefficient (Wildman–Crippen LogP) is 4.13. The zero-order chi connectivity index (χ0) is 16.2. The molecule has 1 aliphatic heterocycles. The van der Waals surface area contributed by atoms with E-state index in [2.05, 4.69) is 24.4 Å². The first-order valence-corrected chi connectivity index (χ1v) is 8.14. The van der Waals surface area contributed by atoms with Gasteiger partial charge < -0.3 is 15.0 Å². The molecule has 1 aromatic rings. The summed E-state index contributed by atoms with van der Waals surface area (Å²) in [5.41, 5.74) is 0.736. The third kappa shape index (κ3) is 4.93. The van der Waals surface area contributed by atoms with Crippen molar-refractivity contribution in [2.24, 2.45) is 5.92 Å². The summed E-state index contributed by atoms with van der Waals surface area (Å²) in [7, 11) is 0.